The Morgan fingerprint density at radius 2 is 1.68 bits per heavy atom. The molecule has 0 unspecified atom stereocenters. The van der Waals surface area contributed by atoms with Gasteiger partial charge in [-0.1, -0.05) is 12.1 Å². The molecule has 1 fully saturated rings. The molecule has 2 heterocycles. The first-order valence-electron chi connectivity index (χ1n) is 9.28. The summed E-state index contributed by atoms with van der Waals surface area (Å²) in [5.41, 5.74) is 1.93. The van der Waals surface area contributed by atoms with Gasteiger partial charge in [-0.3, -0.25) is 9.59 Å². The van der Waals surface area contributed by atoms with Crippen molar-refractivity contribution in [1.82, 2.24) is 4.31 Å². The Morgan fingerprint density at radius 1 is 1.00 bits per heavy atom. The summed E-state index contributed by atoms with van der Waals surface area (Å²) >= 11 is 0. The zero-order valence-corrected chi connectivity index (χ0v) is 16.1. The number of hydrogen-bond acceptors (Lipinski definition) is 5. The molecule has 0 radical (unpaired) electrons. The van der Waals surface area contributed by atoms with Crippen LogP contribution in [0.3, 0.4) is 0 Å². The quantitative estimate of drug-likeness (QED) is 0.835. The molecule has 2 aromatic rings. The normalized spacial score (nSPS) is 17.6. The van der Waals surface area contributed by atoms with E-state index in [0.717, 1.165) is 23.1 Å². The molecule has 0 spiro atoms. The fourth-order valence-corrected chi connectivity index (χ4v) is 5.18. The van der Waals surface area contributed by atoms with E-state index in [9.17, 15) is 18.0 Å². The van der Waals surface area contributed by atoms with Crippen LogP contribution in [0.15, 0.2) is 53.4 Å². The first-order valence-corrected chi connectivity index (χ1v) is 10.7. The van der Waals surface area contributed by atoms with E-state index >= 15 is 0 Å². The number of carbonyl (C=O) groups is 2. The standard InChI is InChI=1S/C20H21N3O4S/c24-19(21-15-7-9-16(10-8-15)22-12-3-4-13-22)11-14-23-20(25)17-5-1-2-6-18(17)28(23,26)27/h1-2,5-10H,3-4,11-14H2,(H,21,24). The first-order chi connectivity index (χ1) is 13.5. The number of nitrogens with one attached hydrogen (secondary N) is 1. The summed E-state index contributed by atoms with van der Waals surface area (Å²) < 4.78 is 25.8. The summed E-state index contributed by atoms with van der Waals surface area (Å²) in [6.45, 7) is 1.91. The lowest BCUT2D eigenvalue weighted by Crippen LogP contribution is -2.33. The van der Waals surface area contributed by atoms with Crippen LogP contribution in [0.1, 0.15) is 29.6 Å². The number of benzene rings is 2. The number of anilines is 2. The Labute approximate surface area is 164 Å². The van der Waals surface area contributed by atoms with Crippen LogP contribution in [0, 0.1) is 0 Å². The van der Waals surface area contributed by atoms with Crippen molar-refractivity contribution in [3.63, 3.8) is 0 Å². The molecule has 8 heteroatoms. The molecule has 146 valence electrons. The van der Waals surface area contributed by atoms with Gasteiger partial charge in [-0.2, -0.15) is 0 Å². The summed E-state index contributed by atoms with van der Waals surface area (Å²) in [5.74, 6) is -0.925. The van der Waals surface area contributed by atoms with Gasteiger partial charge in [0.05, 0.1) is 5.56 Å². The fraction of sp³-hybridized carbons (Fsp3) is 0.300. The van der Waals surface area contributed by atoms with Crippen molar-refractivity contribution < 1.29 is 18.0 Å². The van der Waals surface area contributed by atoms with Gasteiger partial charge >= 0.3 is 0 Å². The highest BCUT2D eigenvalue weighted by Gasteiger charge is 2.40. The Balaban J connectivity index is 1.37. The highest BCUT2D eigenvalue weighted by molar-refractivity contribution is 7.90. The van der Waals surface area contributed by atoms with Gasteiger partial charge in [0.15, 0.2) is 0 Å². The first kappa shape index (κ1) is 18.5. The van der Waals surface area contributed by atoms with Gasteiger partial charge in [0.2, 0.25) is 5.91 Å². The van der Waals surface area contributed by atoms with Crippen molar-refractivity contribution in [1.29, 1.82) is 0 Å². The van der Waals surface area contributed by atoms with Crippen LogP contribution in [0.2, 0.25) is 0 Å². The Bertz CT molecular complexity index is 1010. The molecule has 1 N–H and O–H groups in total. The molecule has 7 nitrogen and oxygen atoms in total. The molecule has 2 amide bonds. The maximum absolute atomic E-state index is 12.5. The van der Waals surface area contributed by atoms with E-state index in [4.69, 9.17) is 0 Å². The minimum atomic E-state index is -3.88. The molecule has 2 aliphatic rings. The molecule has 4 rings (SSSR count). The molecule has 0 bridgehead atoms. The van der Waals surface area contributed by atoms with E-state index in [1.54, 1.807) is 12.1 Å². The Morgan fingerprint density at radius 3 is 2.36 bits per heavy atom. The lowest BCUT2D eigenvalue weighted by molar-refractivity contribution is -0.116. The third kappa shape index (κ3) is 3.35. The molecule has 2 aromatic carbocycles. The van der Waals surface area contributed by atoms with Crippen molar-refractivity contribution in [2.24, 2.45) is 0 Å². The van der Waals surface area contributed by atoms with E-state index < -0.39 is 15.9 Å². The highest BCUT2D eigenvalue weighted by Crippen LogP contribution is 2.30. The van der Waals surface area contributed by atoms with E-state index in [0.29, 0.717) is 5.69 Å². The highest BCUT2D eigenvalue weighted by atomic mass is 32.2. The lowest BCUT2D eigenvalue weighted by atomic mass is 10.2. The summed E-state index contributed by atoms with van der Waals surface area (Å²) in [5, 5.41) is 2.76. The predicted molar refractivity (Wildman–Crippen MR) is 106 cm³/mol. The number of hydrogen-bond donors (Lipinski definition) is 1. The van der Waals surface area contributed by atoms with Gasteiger partial charge in [-0.05, 0) is 49.2 Å². The van der Waals surface area contributed by atoms with Crippen molar-refractivity contribution in [3.8, 4) is 0 Å². The molecule has 0 aromatic heterocycles. The van der Waals surface area contributed by atoms with Crippen molar-refractivity contribution in [2.75, 3.05) is 29.9 Å². The van der Waals surface area contributed by atoms with Gasteiger partial charge in [-0.25, -0.2) is 12.7 Å². The van der Waals surface area contributed by atoms with E-state index in [2.05, 4.69) is 10.2 Å². The Hall–Kier alpha value is -2.87. The number of carbonyl (C=O) groups excluding carboxylic acids is 2. The summed E-state index contributed by atoms with van der Waals surface area (Å²) in [6, 6.07) is 13.7. The van der Waals surface area contributed by atoms with Crippen LogP contribution in [-0.2, 0) is 14.8 Å². The monoisotopic (exact) mass is 399 g/mol. The van der Waals surface area contributed by atoms with Crippen LogP contribution in [0.25, 0.3) is 0 Å². The number of nitrogens with zero attached hydrogens (tertiary/aromatic N) is 2. The van der Waals surface area contributed by atoms with Gasteiger partial charge in [-0.15, -0.1) is 0 Å². The van der Waals surface area contributed by atoms with E-state index in [-0.39, 0.29) is 29.3 Å². The molecular weight excluding hydrogens is 378 g/mol. The van der Waals surface area contributed by atoms with Crippen LogP contribution in [0.4, 0.5) is 11.4 Å². The summed E-state index contributed by atoms with van der Waals surface area (Å²) in [7, 11) is -3.88. The van der Waals surface area contributed by atoms with Crippen molar-refractivity contribution in [2.45, 2.75) is 24.2 Å². The van der Waals surface area contributed by atoms with Gasteiger partial charge in [0.25, 0.3) is 15.9 Å². The molecule has 28 heavy (non-hydrogen) atoms. The third-order valence-electron chi connectivity index (χ3n) is 5.08. The number of rotatable bonds is 5. The number of fused-ring (bicyclic) bond motifs is 1. The van der Waals surface area contributed by atoms with E-state index in [1.807, 2.05) is 24.3 Å². The van der Waals surface area contributed by atoms with Crippen LogP contribution >= 0.6 is 0 Å². The smallest absolute Gasteiger partial charge is 0.269 e. The molecule has 0 aliphatic carbocycles. The molecular formula is C20H21N3O4S. The van der Waals surface area contributed by atoms with Gasteiger partial charge in [0, 0.05) is 37.4 Å². The maximum Gasteiger partial charge on any atom is 0.269 e. The summed E-state index contributed by atoms with van der Waals surface area (Å²) in [4.78, 5) is 26.9. The average Bonchev–Trinajstić information content (AvgIpc) is 3.28. The van der Waals surface area contributed by atoms with Crippen molar-refractivity contribution >= 4 is 33.2 Å². The number of amides is 2. The molecule has 0 saturated carbocycles. The molecule has 1 saturated heterocycles. The average molecular weight is 399 g/mol. The second-order valence-electron chi connectivity index (χ2n) is 6.92. The third-order valence-corrected chi connectivity index (χ3v) is 6.92. The molecule has 0 atom stereocenters. The van der Waals surface area contributed by atoms with Crippen LogP contribution < -0.4 is 10.2 Å². The minimum Gasteiger partial charge on any atom is -0.372 e. The SMILES string of the molecule is O=C(CCN1C(=O)c2ccccc2S1(=O)=O)Nc1ccc(N2CCCC2)cc1. The molecule has 2 aliphatic heterocycles. The zero-order chi connectivity index (χ0) is 19.7. The van der Waals surface area contributed by atoms with Crippen LogP contribution in [0.5, 0.6) is 0 Å². The second kappa shape index (κ2) is 7.27. The topological polar surface area (TPSA) is 86.8 Å². The van der Waals surface area contributed by atoms with Crippen molar-refractivity contribution in [3.05, 3.63) is 54.1 Å². The Kier molecular flexibility index (Phi) is 4.80. The maximum atomic E-state index is 12.5. The van der Waals surface area contributed by atoms with Crippen LogP contribution in [-0.4, -0.2) is 44.2 Å². The summed E-state index contributed by atoms with van der Waals surface area (Å²) in [6.07, 6.45) is 2.29. The zero-order valence-electron chi connectivity index (χ0n) is 15.3. The van der Waals surface area contributed by atoms with Gasteiger partial charge in [0.1, 0.15) is 4.90 Å². The largest absolute Gasteiger partial charge is 0.372 e. The second-order valence-corrected chi connectivity index (χ2v) is 8.75. The lowest BCUT2D eigenvalue weighted by Gasteiger charge is -2.18. The van der Waals surface area contributed by atoms with Gasteiger partial charge < -0.3 is 10.2 Å². The fourth-order valence-electron chi connectivity index (χ4n) is 3.61. The minimum absolute atomic E-state index is 0.00194. The number of sulfonamides is 1. The van der Waals surface area contributed by atoms with E-state index in [1.165, 1.54) is 25.0 Å². The predicted octanol–water partition coefficient (Wildman–Crippen LogP) is 2.46.